The van der Waals surface area contributed by atoms with Gasteiger partial charge in [-0.15, -0.1) is 0 Å². The minimum absolute atomic E-state index is 0.0126. The van der Waals surface area contributed by atoms with Crippen molar-refractivity contribution in [1.82, 2.24) is 5.16 Å². The molecule has 0 unspecified atom stereocenters. The van der Waals surface area contributed by atoms with Gasteiger partial charge in [0.25, 0.3) is 0 Å². The molecular formula is C28H37ClN2O4. The lowest BCUT2D eigenvalue weighted by Crippen LogP contribution is -2.26. The van der Waals surface area contributed by atoms with Crippen LogP contribution in [0.1, 0.15) is 112 Å². The van der Waals surface area contributed by atoms with Gasteiger partial charge in [-0.3, -0.25) is 9.59 Å². The summed E-state index contributed by atoms with van der Waals surface area (Å²) in [5.74, 6) is 1.17. The Labute approximate surface area is 212 Å². The van der Waals surface area contributed by atoms with E-state index in [1.165, 1.54) is 6.42 Å². The minimum atomic E-state index is -0.871. The van der Waals surface area contributed by atoms with Gasteiger partial charge in [-0.2, -0.15) is 0 Å². The SMILES string of the molecule is Cc1cc(Cl)ccc1NC(=O)C[C@H](CCC(=O)O)c1noc(C2CC(CC(C)(C)C)C2)c1C1CC1. The van der Waals surface area contributed by atoms with Crippen LogP contribution in [0.4, 0.5) is 5.69 Å². The fraction of sp³-hybridized carbons (Fsp3) is 0.607. The van der Waals surface area contributed by atoms with Gasteiger partial charge in [-0.25, -0.2) is 0 Å². The Morgan fingerprint density at radius 2 is 1.94 bits per heavy atom. The van der Waals surface area contributed by atoms with Gasteiger partial charge in [-0.1, -0.05) is 37.5 Å². The van der Waals surface area contributed by atoms with Crippen molar-refractivity contribution in [1.29, 1.82) is 0 Å². The molecule has 35 heavy (non-hydrogen) atoms. The summed E-state index contributed by atoms with van der Waals surface area (Å²) >= 11 is 6.04. The molecule has 2 aromatic rings. The zero-order valence-electron chi connectivity index (χ0n) is 21.2. The van der Waals surface area contributed by atoms with Gasteiger partial charge in [-0.05, 0) is 86.5 Å². The molecule has 6 nitrogen and oxygen atoms in total. The Kier molecular flexibility index (Phi) is 7.60. The number of hydrogen-bond acceptors (Lipinski definition) is 4. The van der Waals surface area contributed by atoms with Gasteiger partial charge in [0.15, 0.2) is 0 Å². The molecule has 2 aliphatic rings. The second kappa shape index (κ2) is 10.3. The first-order valence-corrected chi connectivity index (χ1v) is 13.1. The van der Waals surface area contributed by atoms with Crippen molar-refractivity contribution in [2.75, 3.05) is 5.32 Å². The van der Waals surface area contributed by atoms with Crippen LogP contribution in [0.3, 0.4) is 0 Å². The van der Waals surface area contributed by atoms with Crippen LogP contribution in [0, 0.1) is 18.3 Å². The molecule has 190 valence electrons. The summed E-state index contributed by atoms with van der Waals surface area (Å²) in [4.78, 5) is 24.4. The zero-order chi connectivity index (χ0) is 25.3. The Balaban J connectivity index is 1.51. The average molecular weight is 501 g/mol. The van der Waals surface area contributed by atoms with Crippen LogP contribution in [0.15, 0.2) is 22.7 Å². The number of anilines is 1. The summed E-state index contributed by atoms with van der Waals surface area (Å²) in [5, 5.41) is 17.4. The first-order valence-electron chi connectivity index (χ1n) is 12.8. The van der Waals surface area contributed by atoms with Crippen LogP contribution in [0.2, 0.25) is 5.02 Å². The lowest BCUT2D eigenvalue weighted by molar-refractivity contribution is -0.137. The maximum absolute atomic E-state index is 13.0. The molecule has 0 radical (unpaired) electrons. The number of benzene rings is 1. The first kappa shape index (κ1) is 25.7. The highest BCUT2D eigenvalue weighted by atomic mass is 35.5. The highest BCUT2D eigenvalue weighted by Gasteiger charge is 2.42. The van der Waals surface area contributed by atoms with E-state index in [0.29, 0.717) is 40.3 Å². The third-order valence-corrected chi connectivity index (χ3v) is 7.50. The maximum Gasteiger partial charge on any atom is 0.303 e. The van der Waals surface area contributed by atoms with Crippen molar-refractivity contribution in [3.63, 3.8) is 0 Å². The number of nitrogens with one attached hydrogen (secondary N) is 1. The molecule has 0 aliphatic heterocycles. The van der Waals surface area contributed by atoms with Crippen LogP contribution in [-0.4, -0.2) is 22.1 Å². The molecule has 2 fully saturated rings. The minimum Gasteiger partial charge on any atom is -0.481 e. The fourth-order valence-electron chi connectivity index (χ4n) is 5.50. The van der Waals surface area contributed by atoms with Crippen LogP contribution < -0.4 is 5.32 Å². The van der Waals surface area contributed by atoms with E-state index in [-0.39, 0.29) is 24.7 Å². The van der Waals surface area contributed by atoms with Crippen molar-refractivity contribution >= 4 is 29.2 Å². The predicted octanol–water partition coefficient (Wildman–Crippen LogP) is 7.42. The molecule has 2 N–H and O–H groups in total. The summed E-state index contributed by atoms with van der Waals surface area (Å²) in [6.45, 7) is 8.74. The molecule has 0 saturated heterocycles. The second-order valence-corrected chi connectivity index (χ2v) is 12.2. The van der Waals surface area contributed by atoms with Crippen LogP contribution in [0.5, 0.6) is 0 Å². The summed E-state index contributed by atoms with van der Waals surface area (Å²) in [6, 6.07) is 5.34. The number of rotatable bonds is 10. The number of carboxylic acids is 1. The van der Waals surface area contributed by atoms with Gasteiger partial charge in [0.2, 0.25) is 5.91 Å². The largest absolute Gasteiger partial charge is 0.481 e. The Morgan fingerprint density at radius 3 is 2.54 bits per heavy atom. The molecule has 1 amide bonds. The molecule has 1 aromatic heterocycles. The monoisotopic (exact) mass is 500 g/mol. The first-order chi connectivity index (χ1) is 16.5. The molecule has 2 aliphatic carbocycles. The van der Waals surface area contributed by atoms with E-state index in [0.717, 1.165) is 48.3 Å². The van der Waals surface area contributed by atoms with E-state index >= 15 is 0 Å². The van der Waals surface area contributed by atoms with Crippen molar-refractivity contribution in [3.8, 4) is 0 Å². The van der Waals surface area contributed by atoms with E-state index < -0.39 is 5.97 Å². The molecule has 1 heterocycles. The van der Waals surface area contributed by atoms with Crippen molar-refractivity contribution in [2.45, 2.75) is 96.8 Å². The Bertz CT molecular complexity index is 1080. The lowest BCUT2D eigenvalue weighted by atomic mass is 9.66. The van der Waals surface area contributed by atoms with Gasteiger partial charge in [0, 0.05) is 41.0 Å². The fourth-order valence-corrected chi connectivity index (χ4v) is 5.73. The molecule has 7 heteroatoms. The third-order valence-electron chi connectivity index (χ3n) is 7.26. The number of nitrogens with zero attached hydrogens (tertiary/aromatic N) is 1. The summed E-state index contributed by atoms with van der Waals surface area (Å²) < 4.78 is 5.96. The molecular weight excluding hydrogens is 464 g/mol. The van der Waals surface area contributed by atoms with E-state index in [9.17, 15) is 14.7 Å². The maximum atomic E-state index is 13.0. The van der Waals surface area contributed by atoms with E-state index in [2.05, 4.69) is 31.2 Å². The van der Waals surface area contributed by atoms with Crippen LogP contribution in [-0.2, 0) is 9.59 Å². The molecule has 1 atom stereocenters. The van der Waals surface area contributed by atoms with E-state index in [4.69, 9.17) is 16.1 Å². The van der Waals surface area contributed by atoms with Crippen molar-refractivity contribution in [3.05, 3.63) is 45.8 Å². The predicted molar refractivity (Wildman–Crippen MR) is 137 cm³/mol. The topological polar surface area (TPSA) is 92.4 Å². The molecule has 0 spiro atoms. The highest BCUT2D eigenvalue weighted by Crippen LogP contribution is 2.53. The standard InChI is InChI=1S/C28H37ClN2O4/c1-16-11-21(29)8-9-22(16)30-23(32)14-19(7-10-24(33)34)26-25(18-5-6-18)27(35-31-26)20-12-17(13-20)15-28(2,3)4/h8-9,11,17-20H,5-7,10,12-15H2,1-4H3,(H,30,32)(H,33,34)/t17?,19-,20?/m0/s1. The van der Waals surface area contributed by atoms with E-state index in [1.54, 1.807) is 18.2 Å². The van der Waals surface area contributed by atoms with Crippen LogP contribution >= 0.6 is 11.6 Å². The van der Waals surface area contributed by atoms with Gasteiger partial charge in [0.1, 0.15) is 5.76 Å². The number of carbonyl (C=O) groups excluding carboxylic acids is 1. The number of carbonyl (C=O) groups is 2. The summed E-state index contributed by atoms with van der Waals surface area (Å²) in [6.07, 6.45) is 6.13. The van der Waals surface area contributed by atoms with Crippen LogP contribution in [0.25, 0.3) is 0 Å². The Hall–Kier alpha value is -2.34. The van der Waals surface area contributed by atoms with Crippen molar-refractivity contribution < 1.29 is 19.2 Å². The number of aliphatic carboxylic acids is 1. The highest BCUT2D eigenvalue weighted by molar-refractivity contribution is 6.30. The molecule has 2 saturated carbocycles. The third kappa shape index (κ3) is 6.66. The summed E-state index contributed by atoms with van der Waals surface area (Å²) in [5.41, 5.74) is 3.87. The Morgan fingerprint density at radius 1 is 1.23 bits per heavy atom. The van der Waals surface area contributed by atoms with E-state index in [1.807, 2.05) is 6.92 Å². The molecule has 0 bridgehead atoms. The van der Waals surface area contributed by atoms with Gasteiger partial charge < -0.3 is 14.9 Å². The lowest BCUT2D eigenvalue weighted by Gasteiger charge is -2.38. The number of halogens is 1. The molecule has 4 rings (SSSR count). The number of aromatic nitrogens is 1. The average Bonchev–Trinajstić information content (AvgIpc) is 3.47. The van der Waals surface area contributed by atoms with Gasteiger partial charge >= 0.3 is 5.97 Å². The van der Waals surface area contributed by atoms with Crippen molar-refractivity contribution in [2.24, 2.45) is 11.3 Å². The number of hydrogen-bond donors (Lipinski definition) is 2. The smallest absolute Gasteiger partial charge is 0.303 e. The second-order valence-electron chi connectivity index (χ2n) is 11.8. The number of amides is 1. The number of carboxylic acid groups (broad SMARTS) is 1. The summed E-state index contributed by atoms with van der Waals surface area (Å²) in [7, 11) is 0. The van der Waals surface area contributed by atoms with Gasteiger partial charge in [0.05, 0.1) is 5.69 Å². The number of aryl methyl sites for hydroxylation is 1. The zero-order valence-corrected chi connectivity index (χ0v) is 22.0. The normalized spacial score (nSPS) is 20.8. The molecule has 1 aromatic carbocycles. The quantitative estimate of drug-likeness (QED) is 0.354.